The predicted molar refractivity (Wildman–Crippen MR) is 93.4 cm³/mol. The van der Waals surface area contributed by atoms with Crippen LogP contribution in [0.1, 0.15) is 39.0 Å². The Balaban J connectivity index is 1.76. The summed E-state index contributed by atoms with van der Waals surface area (Å²) >= 11 is 0. The molecule has 24 heavy (non-hydrogen) atoms. The van der Waals surface area contributed by atoms with Crippen LogP contribution < -0.4 is 16.0 Å². The van der Waals surface area contributed by atoms with Gasteiger partial charge in [0.15, 0.2) is 0 Å². The lowest BCUT2D eigenvalue weighted by molar-refractivity contribution is -0.119. The van der Waals surface area contributed by atoms with Gasteiger partial charge in [0.2, 0.25) is 11.8 Å². The molecule has 2 rings (SSSR count). The zero-order chi connectivity index (χ0) is 17.4. The molecule has 0 radical (unpaired) electrons. The first-order chi connectivity index (χ1) is 11.5. The molecule has 1 aromatic rings. The third-order valence-corrected chi connectivity index (χ3v) is 3.88. The number of amides is 2. The van der Waals surface area contributed by atoms with E-state index in [1.165, 1.54) is 43.5 Å². The molecule has 5 nitrogen and oxygen atoms in total. The van der Waals surface area contributed by atoms with Crippen LogP contribution in [0.5, 0.6) is 0 Å². The fourth-order valence-corrected chi connectivity index (χ4v) is 2.67. The second-order valence-corrected chi connectivity index (χ2v) is 5.94. The second kappa shape index (κ2) is 9.05. The van der Waals surface area contributed by atoms with E-state index in [-0.39, 0.29) is 24.0 Å². The minimum Gasteiger partial charge on any atom is -0.374 e. The largest absolute Gasteiger partial charge is 0.374 e. The average molecular weight is 333 g/mol. The summed E-state index contributed by atoms with van der Waals surface area (Å²) in [5, 5.41) is 8.17. The van der Waals surface area contributed by atoms with Gasteiger partial charge in [0.05, 0.1) is 12.2 Å². The average Bonchev–Trinajstić information content (AvgIpc) is 2.56. The van der Waals surface area contributed by atoms with E-state index < -0.39 is 5.82 Å². The van der Waals surface area contributed by atoms with E-state index in [9.17, 15) is 14.0 Å². The highest BCUT2D eigenvalue weighted by atomic mass is 19.1. The topological polar surface area (TPSA) is 70.2 Å². The number of carbonyl (C=O) groups excluding carboxylic acids is 2. The van der Waals surface area contributed by atoms with E-state index in [1.807, 2.05) is 0 Å². The molecule has 1 aromatic carbocycles. The first kappa shape index (κ1) is 18.0. The number of halogens is 1. The molecule has 0 aliphatic heterocycles. The fraction of sp³-hybridized carbons (Fsp3) is 0.444. The maximum absolute atomic E-state index is 13.7. The number of nitrogens with one attached hydrogen (secondary N) is 3. The van der Waals surface area contributed by atoms with Gasteiger partial charge in [0.25, 0.3) is 0 Å². The zero-order valence-electron chi connectivity index (χ0n) is 14.0. The van der Waals surface area contributed by atoms with Crippen molar-refractivity contribution >= 4 is 23.2 Å². The highest BCUT2D eigenvalue weighted by Crippen LogP contribution is 2.20. The third kappa shape index (κ3) is 6.02. The summed E-state index contributed by atoms with van der Waals surface area (Å²) in [7, 11) is 0. The van der Waals surface area contributed by atoms with E-state index in [0.717, 1.165) is 19.3 Å². The Morgan fingerprint density at radius 2 is 2.08 bits per heavy atom. The Hall–Kier alpha value is -2.37. The monoisotopic (exact) mass is 333 g/mol. The van der Waals surface area contributed by atoms with Gasteiger partial charge in [0, 0.05) is 19.2 Å². The summed E-state index contributed by atoms with van der Waals surface area (Å²) in [6.45, 7) is 1.96. The number of hydrogen-bond donors (Lipinski definition) is 3. The summed E-state index contributed by atoms with van der Waals surface area (Å²) in [6.07, 6.45) is 7.87. The molecule has 6 heteroatoms. The molecular formula is C18H24FN3O2. The molecule has 1 aliphatic rings. The Labute approximate surface area is 141 Å². The van der Waals surface area contributed by atoms with Crippen LogP contribution in [-0.4, -0.2) is 24.9 Å². The molecular weight excluding hydrogens is 309 g/mol. The standard InChI is InChI=1S/C18H24FN3O2/c1-13(23)22-15-7-8-16(19)17(11-15)21-12-18(24)20-10-9-14-5-3-2-4-6-14/h5,7-8,11,21H,2-4,6,9-10,12H2,1H3,(H,20,24)(H,22,23). The molecule has 0 aromatic heterocycles. The normalized spacial score (nSPS) is 13.8. The maximum Gasteiger partial charge on any atom is 0.239 e. The summed E-state index contributed by atoms with van der Waals surface area (Å²) in [4.78, 5) is 22.9. The van der Waals surface area contributed by atoms with Crippen LogP contribution in [-0.2, 0) is 9.59 Å². The van der Waals surface area contributed by atoms with Gasteiger partial charge < -0.3 is 16.0 Å². The zero-order valence-corrected chi connectivity index (χ0v) is 14.0. The van der Waals surface area contributed by atoms with Crippen molar-refractivity contribution in [2.45, 2.75) is 39.0 Å². The van der Waals surface area contributed by atoms with Gasteiger partial charge in [-0.05, 0) is 50.3 Å². The van der Waals surface area contributed by atoms with E-state index >= 15 is 0 Å². The lowest BCUT2D eigenvalue weighted by Gasteiger charge is -2.13. The van der Waals surface area contributed by atoms with Gasteiger partial charge in [0.1, 0.15) is 5.82 Å². The van der Waals surface area contributed by atoms with Gasteiger partial charge >= 0.3 is 0 Å². The number of carbonyl (C=O) groups is 2. The maximum atomic E-state index is 13.7. The highest BCUT2D eigenvalue weighted by Gasteiger charge is 2.08. The van der Waals surface area contributed by atoms with Gasteiger partial charge in [-0.2, -0.15) is 0 Å². The molecule has 1 aliphatic carbocycles. The van der Waals surface area contributed by atoms with Crippen molar-refractivity contribution in [3.63, 3.8) is 0 Å². The third-order valence-electron chi connectivity index (χ3n) is 3.88. The SMILES string of the molecule is CC(=O)Nc1ccc(F)c(NCC(=O)NCCC2=CCCCC2)c1. The molecule has 130 valence electrons. The second-order valence-electron chi connectivity index (χ2n) is 5.94. The van der Waals surface area contributed by atoms with Crippen molar-refractivity contribution in [2.75, 3.05) is 23.7 Å². The molecule has 2 amide bonds. The minimum absolute atomic E-state index is 0.0144. The summed E-state index contributed by atoms with van der Waals surface area (Å²) in [6, 6.07) is 4.19. The number of rotatable bonds is 7. The number of anilines is 2. The van der Waals surface area contributed by atoms with Crippen LogP contribution in [0.15, 0.2) is 29.8 Å². The first-order valence-electron chi connectivity index (χ1n) is 8.30. The molecule has 0 fully saturated rings. The van der Waals surface area contributed by atoms with Gasteiger partial charge in [-0.1, -0.05) is 11.6 Å². The van der Waals surface area contributed by atoms with E-state index in [4.69, 9.17) is 0 Å². The fourth-order valence-electron chi connectivity index (χ4n) is 2.67. The van der Waals surface area contributed by atoms with Gasteiger partial charge in [-0.15, -0.1) is 0 Å². The number of benzene rings is 1. The molecule has 3 N–H and O–H groups in total. The quantitative estimate of drug-likeness (QED) is 0.671. The molecule has 0 unspecified atom stereocenters. The van der Waals surface area contributed by atoms with Crippen molar-refractivity contribution in [2.24, 2.45) is 0 Å². The van der Waals surface area contributed by atoms with Crippen molar-refractivity contribution in [3.8, 4) is 0 Å². The molecule has 0 bridgehead atoms. The summed E-state index contributed by atoms with van der Waals surface area (Å²) in [5.41, 5.74) is 2.07. The van der Waals surface area contributed by atoms with Crippen LogP contribution in [0.25, 0.3) is 0 Å². The van der Waals surface area contributed by atoms with E-state index in [1.54, 1.807) is 0 Å². The summed E-state index contributed by atoms with van der Waals surface area (Å²) < 4.78 is 13.7. The summed E-state index contributed by atoms with van der Waals surface area (Å²) in [5.74, 6) is -0.887. The van der Waals surface area contributed by atoms with Crippen molar-refractivity contribution < 1.29 is 14.0 Å². The Morgan fingerprint density at radius 3 is 2.79 bits per heavy atom. The molecule has 0 atom stereocenters. The van der Waals surface area contributed by atoms with Crippen molar-refractivity contribution in [3.05, 3.63) is 35.7 Å². The minimum atomic E-state index is -0.468. The van der Waals surface area contributed by atoms with Crippen molar-refractivity contribution in [1.82, 2.24) is 5.32 Å². The lowest BCUT2D eigenvalue weighted by Crippen LogP contribution is -2.31. The molecule has 0 heterocycles. The predicted octanol–water partition coefficient (Wildman–Crippen LogP) is 3.20. The first-order valence-corrected chi connectivity index (χ1v) is 8.30. The molecule has 0 spiro atoms. The van der Waals surface area contributed by atoms with Crippen molar-refractivity contribution in [1.29, 1.82) is 0 Å². The van der Waals surface area contributed by atoms with E-state index in [2.05, 4.69) is 22.0 Å². The Kier molecular flexibility index (Phi) is 6.78. The Morgan fingerprint density at radius 1 is 1.25 bits per heavy atom. The highest BCUT2D eigenvalue weighted by molar-refractivity contribution is 5.89. The lowest BCUT2D eigenvalue weighted by atomic mass is 9.97. The molecule has 0 saturated carbocycles. The Bertz CT molecular complexity index is 629. The van der Waals surface area contributed by atoms with Gasteiger partial charge in [-0.25, -0.2) is 4.39 Å². The van der Waals surface area contributed by atoms with Crippen LogP contribution >= 0.6 is 0 Å². The van der Waals surface area contributed by atoms with Crippen LogP contribution in [0.4, 0.5) is 15.8 Å². The number of hydrogen-bond acceptors (Lipinski definition) is 3. The smallest absolute Gasteiger partial charge is 0.239 e. The van der Waals surface area contributed by atoms with Crippen LogP contribution in [0.3, 0.4) is 0 Å². The van der Waals surface area contributed by atoms with Crippen LogP contribution in [0.2, 0.25) is 0 Å². The number of allylic oxidation sites excluding steroid dienone is 1. The van der Waals surface area contributed by atoms with E-state index in [0.29, 0.717) is 12.2 Å². The molecule has 0 saturated heterocycles. The van der Waals surface area contributed by atoms with Crippen LogP contribution in [0, 0.1) is 5.82 Å². The van der Waals surface area contributed by atoms with Gasteiger partial charge in [-0.3, -0.25) is 9.59 Å².